The lowest BCUT2D eigenvalue weighted by Crippen LogP contribution is -2.37. The highest BCUT2D eigenvalue weighted by Gasteiger charge is 2.14. The molecule has 1 N–H and O–H groups in total. The van der Waals surface area contributed by atoms with Crippen LogP contribution in [-0.4, -0.2) is 37.6 Å². The summed E-state index contributed by atoms with van der Waals surface area (Å²) in [5.41, 5.74) is 0.424. The smallest absolute Gasteiger partial charge is 0.265 e. The highest BCUT2D eigenvalue weighted by Crippen LogP contribution is 2.07. The summed E-state index contributed by atoms with van der Waals surface area (Å²) in [6.45, 7) is 1.56. The molecule has 0 saturated carbocycles. The maximum Gasteiger partial charge on any atom is 0.265 e. The number of nitrogens with zero attached hydrogens (tertiary/aromatic N) is 1. The number of carbonyl (C=O) groups is 2. The van der Waals surface area contributed by atoms with E-state index in [4.69, 9.17) is 4.42 Å². The molecule has 6 nitrogen and oxygen atoms in total. The average Bonchev–Trinajstić information content (AvgIpc) is 2.70. The molecule has 0 aliphatic heterocycles. The van der Waals surface area contributed by atoms with E-state index in [0.717, 1.165) is 5.06 Å². The summed E-state index contributed by atoms with van der Waals surface area (Å²) in [5.74, 6) is -0.161. The number of rotatable bonds is 4. The molecule has 0 atom stereocenters. The molecule has 0 aliphatic rings. The fourth-order valence-corrected chi connectivity index (χ4v) is 1.08. The van der Waals surface area contributed by atoms with Crippen molar-refractivity contribution >= 4 is 11.8 Å². The van der Waals surface area contributed by atoms with Gasteiger partial charge in [-0.1, -0.05) is 0 Å². The molecule has 0 radical (unpaired) electrons. The van der Waals surface area contributed by atoms with Crippen LogP contribution in [0.5, 0.6) is 0 Å². The fourth-order valence-electron chi connectivity index (χ4n) is 1.08. The zero-order valence-electron chi connectivity index (χ0n) is 9.44. The van der Waals surface area contributed by atoms with Gasteiger partial charge >= 0.3 is 0 Å². The molecule has 0 bridgehead atoms. The Labute approximate surface area is 93.1 Å². The van der Waals surface area contributed by atoms with E-state index in [0.29, 0.717) is 11.3 Å². The first-order chi connectivity index (χ1) is 7.56. The summed E-state index contributed by atoms with van der Waals surface area (Å²) in [7, 11) is 2.84. The third kappa shape index (κ3) is 2.83. The highest BCUT2D eigenvalue weighted by atomic mass is 16.7. The van der Waals surface area contributed by atoms with E-state index in [1.165, 1.54) is 20.4 Å². The van der Waals surface area contributed by atoms with Crippen LogP contribution in [-0.2, 0) is 9.63 Å². The second kappa shape index (κ2) is 5.32. The normalized spacial score (nSPS) is 9.94. The van der Waals surface area contributed by atoms with Gasteiger partial charge in [-0.05, 0) is 13.0 Å². The lowest BCUT2D eigenvalue weighted by Gasteiger charge is -2.13. The van der Waals surface area contributed by atoms with Gasteiger partial charge in [0, 0.05) is 7.05 Å². The summed E-state index contributed by atoms with van der Waals surface area (Å²) >= 11 is 0. The minimum absolute atomic E-state index is 0.117. The van der Waals surface area contributed by atoms with Crippen molar-refractivity contribution in [1.82, 2.24) is 10.4 Å². The second-order valence-electron chi connectivity index (χ2n) is 3.15. The molecule has 1 aromatic heterocycles. The monoisotopic (exact) mass is 226 g/mol. The quantitative estimate of drug-likeness (QED) is 0.751. The molecule has 88 valence electrons. The number of aryl methyl sites for hydroxylation is 1. The van der Waals surface area contributed by atoms with Gasteiger partial charge in [-0.15, -0.1) is 0 Å². The number of furan rings is 1. The molecule has 0 saturated heterocycles. The lowest BCUT2D eigenvalue weighted by atomic mass is 10.2. The molecular weight excluding hydrogens is 212 g/mol. The molecule has 1 heterocycles. The zero-order valence-corrected chi connectivity index (χ0v) is 9.44. The number of hydroxylamine groups is 2. The molecule has 0 unspecified atom stereocenters. The first kappa shape index (κ1) is 12.3. The number of hydrogen-bond acceptors (Lipinski definition) is 4. The SMILES string of the molecule is CON(C)C(=O)CNC(=O)c1ccoc1C. The Morgan fingerprint density at radius 3 is 2.75 bits per heavy atom. The van der Waals surface area contributed by atoms with E-state index in [1.807, 2.05) is 0 Å². The summed E-state index contributed by atoms with van der Waals surface area (Å²) < 4.78 is 4.98. The molecular formula is C10H14N2O4. The Morgan fingerprint density at radius 1 is 1.56 bits per heavy atom. The van der Waals surface area contributed by atoms with Gasteiger partial charge in [0.1, 0.15) is 5.76 Å². The van der Waals surface area contributed by atoms with Crippen molar-refractivity contribution in [1.29, 1.82) is 0 Å². The third-order valence-electron chi connectivity index (χ3n) is 2.13. The van der Waals surface area contributed by atoms with Gasteiger partial charge in [0.2, 0.25) is 0 Å². The van der Waals surface area contributed by atoms with Gasteiger partial charge in [0.05, 0.1) is 25.5 Å². The molecule has 16 heavy (non-hydrogen) atoms. The molecule has 0 fully saturated rings. The van der Waals surface area contributed by atoms with Gasteiger partial charge < -0.3 is 9.73 Å². The zero-order chi connectivity index (χ0) is 12.1. The van der Waals surface area contributed by atoms with Crippen LogP contribution in [0.4, 0.5) is 0 Å². The molecule has 1 rings (SSSR count). The van der Waals surface area contributed by atoms with Gasteiger partial charge in [0.25, 0.3) is 11.8 Å². The Bertz CT molecular complexity index is 386. The van der Waals surface area contributed by atoms with Crippen molar-refractivity contribution < 1.29 is 18.8 Å². The van der Waals surface area contributed by atoms with Crippen molar-refractivity contribution in [3.63, 3.8) is 0 Å². The topological polar surface area (TPSA) is 71.8 Å². The van der Waals surface area contributed by atoms with Crippen molar-refractivity contribution in [2.24, 2.45) is 0 Å². The first-order valence-corrected chi connectivity index (χ1v) is 4.69. The third-order valence-corrected chi connectivity index (χ3v) is 2.13. The van der Waals surface area contributed by atoms with Crippen LogP contribution in [0.2, 0.25) is 0 Å². The van der Waals surface area contributed by atoms with E-state index < -0.39 is 0 Å². The summed E-state index contributed by atoms with van der Waals surface area (Å²) in [4.78, 5) is 27.5. The predicted molar refractivity (Wildman–Crippen MR) is 55.6 cm³/mol. The Balaban J connectivity index is 2.48. The Kier molecular flexibility index (Phi) is 4.07. The number of nitrogens with one attached hydrogen (secondary N) is 1. The van der Waals surface area contributed by atoms with Crippen LogP contribution in [0.25, 0.3) is 0 Å². The highest BCUT2D eigenvalue weighted by molar-refractivity contribution is 5.97. The van der Waals surface area contributed by atoms with E-state index in [2.05, 4.69) is 10.2 Å². The van der Waals surface area contributed by atoms with E-state index >= 15 is 0 Å². The number of hydrogen-bond donors (Lipinski definition) is 1. The minimum Gasteiger partial charge on any atom is -0.469 e. The Hall–Kier alpha value is -1.82. The van der Waals surface area contributed by atoms with Crippen molar-refractivity contribution in [3.8, 4) is 0 Å². The number of amides is 2. The van der Waals surface area contributed by atoms with Crippen molar-refractivity contribution in [3.05, 3.63) is 23.7 Å². The first-order valence-electron chi connectivity index (χ1n) is 4.69. The van der Waals surface area contributed by atoms with Crippen LogP contribution in [0.3, 0.4) is 0 Å². The summed E-state index contributed by atoms with van der Waals surface area (Å²) in [6.07, 6.45) is 1.42. The van der Waals surface area contributed by atoms with Crippen LogP contribution in [0.15, 0.2) is 16.7 Å². The largest absolute Gasteiger partial charge is 0.469 e. The van der Waals surface area contributed by atoms with Crippen LogP contribution < -0.4 is 5.32 Å². The molecule has 0 aromatic carbocycles. The molecule has 0 aliphatic carbocycles. The maximum atomic E-state index is 11.6. The van der Waals surface area contributed by atoms with Crippen molar-refractivity contribution in [2.75, 3.05) is 20.7 Å². The summed E-state index contributed by atoms with van der Waals surface area (Å²) in [5, 5.41) is 3.51. The van der Waals surface area contributed by atoms with E-state index in [9.17, 15) is 9.59 Å². The molecule has 0 spiro atoms. The van der Waals surface area contributed by atoms with E-state index in [-0.39, 0.29) is 18.4 Å². The second-order valence-corrected chi connectivity index (χ2v) is 3.15. The lowest BCUT2D eigenvalue weighted by molar-refractivity contribution is -0.167. The molecule has 6 heteroatoms. The minimum atomic E-state index is -0.343. The van der Waals surface area contributed by atoms with Crippen LogP contribution >= 0.6 is 0 Å². The molecule has 1 aromatic rings. The van der Waals surface area contributed by atoms with Gasteiger partial charge in [-0.25, -0.2) is 5.06 Å². The van der Waals surface area contributed by atoms with Gasteiger partial charge in [-0.3, -0.25) is 14.4 Å². The standard InChI is InChI=1S/C10H14N2O4/c1-7-8(4-5-16-7)10(14)11-6-9(13)12(2)15-3/h4-5H,6H2,1-3H3,(H,11,14). The van der Waals surface area contributed by atoms with Crippen LogP contribution in [0.1, 0.15) is 16.1 Å². The average molecular weight is 226 g/mol. The Morgan fingerprint density at radius 2 is 2.25 bits per heavy atom. The maximum absolute atomic E-state index is 11.6. The van der Waals surface area contributed by atoms with E-state index in [1.54, 1.807) is 13.0 Å². The summed E-state index contributed by atoms with van der Waals surface area (Å²) in [6, 6.07) is 1.55. The van der Waals surface area contributed by atoms with Gasteiger partial charge in [0.15, 0.2) is 0 Å². The fraction of sp³-hybridized carbons (Fsp3) is 0.400. The number of carbonyl (C=O) groups excluding carboxylic acids is 2. The van der Waals surface area contributed by atoms with Gasteiger partial charge in [-0.2, -0.15) is 0 Å². The predicted octanol–water partition coefficient (Wildman–Crippen LogP) is 0.338. The molecule has 2 amide bonds. The van der Waals surface area contributed by atoms with Crippen LogP contribution in [0, 0.1) is 6.92 Å². The van der Waals surface area contributed by atoms with Crippen molar-refractivity contribution in [2.45, 2.75) is 6.92 Å². The number of likely N-dealkylation sites (N-methyl/N-ethyl adjacent to an activating group) is 1.